The van der Waals surface area contributed by atoms with Crippen LogP contribution in [-0.2, 0) is 17.7 Å². The van der Waals surface area contributed by atoms with Crippen LogP contribution < -0.4 is 10.2 Å². The van der Waals surface area contributed by atoms with Gasteiger partial charge in [0.05, 0.1) is 12.3 Å². The van der Waals surface area contributed by atoms with Crippen LogP contribution in [-0.4, -0.2) is 36.0 Å². The lowest BCUT2D eigenvalue weighted by atomic mass is 10.1. The predicted octanol–water partition coefficient (Wildman–Crippen LogP) is 2.45. The maximum Gasteiger partial charge on any atom is 0.414 e. The second-order valence-electron chi connectivity index (χ2n) is 6.77. The summed E-state index contributed by atoms with van der Waals surface area (Å²) in [7, 11) is 0. The molecule has 0 aromatic heterocycles. The molecule has 0 saturated heterocycles. The molecular formula is C17H26N2O3. The Bertz CT molecular complexity index is 537. The number of nitrogens with zero attached hydrogens (tertiary/aromatic N) is 1. The van der Waals surface area contributed by atoms with E-state index in [1.807, 2.05) is 39.8 Å². The Balaban J connectivity index is 2.19. The molecule has 1 aromatic carbocycles. The first-order valence-electron chi connectivity index (χ1n) is 7.77. The lowest BCUT2D eigenvalue weighted by Crippen LogP contribution is -2.36. The molecule has 1 atom stereocenters. The molecule has 1 aliphatic heterocycles. The van der Waals surface area contributed by atoms with Crippen LogP contribution in [0.2, 0.25) is 0 Å². The van der Waals surface area contributed by atoms with Gasteiger partial charge < -0.3 is 15.2 Å². The summed E-state index contributed by atoms with van der Waals surface area (Å²) in [5, 5.41) is 12.4. The van der Waals surface area contributed by atoms with Gasteiger partial charge in [-0.25, -0.2) is 4.79 Å². The number of hydrogen-bond donors (Lipinski definition) is 2. The van der Waals surface area contributed by atoms with Gasteiger partial charge in [-0.2, -0.15) is 0 Å². The molecule has 0 bridgehead atoms. The van der Waals surface area contributed by atoms with Crippen LogP contribution in [0.15, 0.2) is 18.2 Å². The Morgan fingerprint density at radius 3 is 2.82 bits per heavy atom. The third kappa shape index (κ3) is 3.99. The topological polar surface area (TPSA) is 61.8 Å². The minimum atomic E-state index is -0.502. The average molecular weight is 306 g/mol. The third-order valence-corrected chi connectivity index (χ3v) is 3.61. The number of benzene rings is 1. The summed E-state index contributed by atoms with van der Waals surface area (Å²) in [6.45, 7) is 8.90. The molecule has 122 valence electrons. The smallest absolute Gasteiger partial charge is 0.414 e. The quantitative estimate of drug-likeness (QED) is 0.897. The zero-order valence-corrected chi connectivity index (χ0v) is 13.8. The van der Waals surface area contributed by atoms with Crippen molar-refractivity contribution >= 4 is 11.8 Å². The van der Waals surface area contributed by atoms with Crippen molar-refractivity contribution in [2.24, 2.45) is 0 Å². The molecule has 0 radical (unpaired) electrons. The fraction of sp³-hybridized carbons (Fsp3) is 0.588. The summed E-state index contributed by atoms with van der Waals surface area (Å²) < 4.78 is 5.51. The number of anilines is 1. The van der Waals surface area contributed by atoms with E-state index in [0.29, 0.717) is 13.1 Å². The van der Waals surface area contributed by atoms with E-state index in [1.165, 1.54) is 5.56 Å². The predicted molar refractivity (Wildman–Crippen MR) is 87.1 cm³/mol. The average Bonchev–Trinajstić information content (AvgIpc) is 2.87. The van der Waals surface area contributed by atoms with E-state index in [1.54, 1.807) is 4.90 Å². The van der Waals surface area contributed by atoms with Crippen molar-refractivity contribution in [3.63, 3.8) is 0 Å². The first-order valence-corrected chi connectivity index (χ1v) is 7.77. The highest BCUT2D eigenvalue weighted by molar-refractivity contribution is 5.91. The number of fused-ring (bicyclic) bond motifs is 1. The molecule has 1 aromatic rings. The first kappa shape index (κ1) is 16.8. The molecule has 0 fully saturated rings. The number of aliphatic hydroxyl groups is 1. The van der Waals surface area contributed by atoms with Crippen LogP contribution in [0.3, 0.4) is 0 Å². The van der Waals surface area contributed by atoms with E-state index in [9.17, 15) is 4.79 Å². The highest BCUT2D eigenvalue weighted by atomic mass is 16.6. The number of aliphatic hydroxyl groups excluding tert-OH is 1. The molecule has 1 heterocycles. The summed E-state index contributed by atoms with van der Waals surface area (Å²) in [5.41, 5.74) is 2.68. The lowest BCUT2D eigenvalue weighted by molar-refractivity contribution is 0.0583. The van der Waals surface area contributed by atoms with Gasteiger partial charge in [-0.1, -0.05) is 18.2 Å². The monoisotopic (exact) mass is 306 g/mol. The van der Waals surface area contributed by atoms with Crippen molar-refractivity contribution in [1.29, 1.82) is 0 Å². The van der Waals surface area contributed by atoms with Crippen molar-refractivity contribution in [1.82, 2.24) is 5.32 Å². The van der Waals surface area contributed by atoms with Gasteiger partial charge in [-0.15, -0.1) is 0 Å². The van der Waals surface area contributed by atoms with Crippen LogP contribution in [0.1, 0.15) is 38.8 Å². The van der Waals surface area contributed by atoms with Gasteiger partial charge in [-0.05, 0) is 45.2 Å². The summed E-state index contributed by atoms with van der Waals surface area (Å²) in [6.07, 6.45) is 0.548. The van der Waals surface area contributed by atoms with Crippen molar-refractivity contribution in [3.05, 3.63) is 29.3 Å². The van der Waals surface area contributed by atoms with Gasteiger partial charge in [-0.3, -0.25) is 4.90 Å². The second kappa shape index (κ2) is 6.67. The van der Waals surface area contributed by atoms with Gasteiger partial charge in [0, 0.05) is 19.1 Å². The molecule has 2 N–H and O–H groups in total. The molecule has 1 unspecified atom stereocenters. The molecule has 0 saturated carbocycles. The second-order valence-corrected chi connectivity index (χ2v) is 6.77. The number of hydrogen-bond acceptors (Lipinski definition) is 4. The Morgan fingerprint density at radius 2 is 2.18 bits per heavy atom. The van der Waals surface area contributed by atoms with Crippen molar-refractivity contribution in [3.8, 4) is 0 Å². The fourth-order valence-corrected chi connectivity index (χ4v) is 2.53. The number of ether oxygens (including phenoxy) is 1. The minimum absolute atomic E-state index is 0.0206. The van der Waals surface area contributed by atoms with E-state index in [2.05, 4.69) is 11.4 Å². The van der Waals surface area contributed by atoms with Crippen LogP contribution in [0.5, 0.6) is 0 Å². The van der Waals surface area contributed by atoms with Crippen molar-refractivity contribution < 1.29 is 14.6 Å². The molecule has 5 heteroatoms. The molecule has 0 aliphatic carbocycles. The van der Waals surface area contributed by atoms with Gasteiger partial charge in [0.2, 0.25) is 0 Å². The summed E-state index contributed by atoms with van der Waals surface area (Å²) in [5.74, 6) is 0. The van der Waals surface area contributed by atoms with Gasteiger partial charge in [0.25, 0.3) is 0 Å². The van der Waals surface area contributed by atoms with E-state index in [4.69, 9.17) is 9.84 Å². The number of para-hydroxylation sites is 1. The SMILES string of the molecule is CC(CO)NCc1cccc2c1N(C(=O)OC(C)(C)C)CC2. The fourth-order valence-electron chi connectivity index (χ4n) is 2.53. The van der Waals surface area contributed by atoms with Crippen molar-refractivity contribution in [2.75, 3.05) is 18.1 Å². The Morgan fingerprint density at radius 1 is 1.45 bits per heavy atom. The molecule has 1 amide bonds. The molecule has 22 heavy (non-hydrogen) atoms. The lowest BCUT2D eigenvalue weighted by Gasteiger charge is -2.26. The zero-order chi connectivity index (χ0) is 16.3. The number of rotatable bonds is 4. The summed E-state index contributed by atoms with van der Waals surface area (Å²) >= 11 is 0. The largest absolute Gasteiger partial charge is 0.443 e. The number of nitrogens with one attached hydrogen (secondary N) is 1. The van der Waals surface area contributed by atoms with Gasteiger partial charge in [0.15, 0.2) is 0 Å². The molecule has 0 spiro atoms. The highest BCUT2D eigenvalue weighted by Gasteiger charge is 2.30. The van der Waals surface area contributed by atoms with E-state index < -0.39 is 5.60 Å². The van der Waals surface area contributed by atoms with Crippen molar-refractivity contribution in [2.45, 2.75) is 52.3 Å². The molecule has 5 nitrogen and oxygen atoms in total. The highest BCUT2D eigenvalue weighted by Crippen LogP contribution is 2.33. The maximum absolute atomic E-state index is 12.4. The summed E-state index contributed by atoms with van der Waals surface area (Å²) in [4.78, 5) is 14.1. The number of carbonyl (C=O) groups excluding carboxylic acids is 1. The maximum atomic E-state index is 12.4. The first-order chi connectivity index (χ1) is 10.3. The molecular weight excluding hydrogens is 280 g/mol. The summed E-state index contributed by atoms with van der Waals surface area (Å²) in [6, 6.07) is 6.10. The zero-order valence-electron chi connectivity index (χ0n) is 13.8. The third-order valence-electron chi connectivity index (χ3n) is 3.61. The number of amides is 1. The van der Waals surface area contributed by atoms with Gasteiger partial charge in [0.1, 0.15) is 5.60 Å². The van der Waals surface area contributed by atoms with E-state index >= 15 is 0 Å². The number of carbonyl (C=O) groups is 1. The normalized spacial score (nSPS) is 15.6. The van der Waals surface area contributed by atoms with E-state index in [0.717, 1.165) is 17.7 Å². The van der Waals surface area contributed by atoms with Crippen LogP contribution in [0, 0.1) is 0 Å². The molecule has 1 aliphatic rings. The van der Waals surface area contributed by atoms with Crippen LogP contribution in [0.4, 0.5) is 10.5 Å². The van der Waals surface area contributed by atoms with Gasteiger partial charge >= 0.3 is 6.09 Å². The standard InChI is InChI=1S/C17H26N2O3/c1-12(11-20)18-10-14-7-5-6-13-8-9-19(15(13)14)16(21)22-17(2,3)4/h5-7,12,18,20H,8-11H2,1-4H3. The Labute approximate surface area is 132 Å². The minimum Gasteiger partial charge on any atom is -0.443 e. The Hall–Kier alpha value is -1.59. The van der Waals surface area contributed by atoms with Crippen LogP contribution in [0.25, 0.3) is 0 Å². The van der Waals surface area contributed by atoms with Crippen LogP contribution >= 0.6 is 0 Å². The molecule has 2 rings (SSSR count). The van der Waals surface area contributed by atoms with E-state index in [-0.39, 0.29) is 18.7 Å². The Kier molecular flexibility index (Phi) is 5.08.